The SMILES string of the molecule is COC(=O)N1CCN(/C=C(/C#N)C(=O)Nc2ccccc2O)CC1. The molecule has 2 amide bonds. The number of piperazine rings is 1. The summed E-state index contributed by atoms with van der Waals surface area (Å²) < 4.78 is 4.66. The van der Waals surface area contributed by atoms with Crippen molar-refractivity contribution in [2.45, 2.75) is 0 Å². The number of aromatic hydroxyl groups is 1. The maximum absolute atomic E-state index is 12.2. The molecule has 0 aromatic heterocycles. The van der Waals surface area contributed by atoms with Crippen molar-refractivity contribution in [2.24, 2.45) is 0 Å². The van der Waals surface area contributed by atoms with E-state index < -0.39 is 12.0 Å². The van der Waals surface area contributed by atoms with E-state index in [4.69, 9.17) is 0 Å². The molecule has 0 atom stereocenters. The average molecular weight is 330 g/mol. The first-order valence-corrected chi connectivity index (χ1v) is 7.33. The molecule has 126 valence electrons. The third-order valence-electron chi connectivity index (χ3n) is 3.58. The molecular weight excluding hydrogens is 312 g/mol. The molecule has 1 heterocycles. The number of nitrogens with one attached hydrogen (secondary N) is 1. The molecule has 8 nitrogen and oxygen atoms in total. The van der Waals surface area contributed by atoms with Gasteiger partial charge in [-0.25, -0.2) is 4.79 Å². The Morgan fingerprint density at radius 2 is 1.96 bits per heavy atom. The van der Waals surface area contributed by atoms with Crippen LogP contribution in [0.1, 0.15) is 0 Å². The van der Waals surface area contributed by atoms with Gasteiger partial charge in [0.15, 0.2) is 0 Å². The van der Waals surface area contributed by atoms with Crippen LogP contribution in [0, 0.1) is 11.3 Å². The van der Waals surface area contributed by atoms with E-state index in [9.17, 15) is 20.0 Å². The number of ether oxygens (including phenoxy) is 1. The normalized spacial score (nSPS) is 14.8. The van der Waals surface area contributed by atoms with E-state index in [-0.39, 0.29) is 17.0 Å². The molecule has 2 N–H and O–H groups in total. The van der Waals surface area contributed by atoms with Gasteiger partial charge in [0.2, 0.25) is 0 Å². The third kappa shape index (κ3) is 4.16. The summed E-state index contributed by atoms with van der Waals surface area (Å²) in [4.78, 5) is 26.9. The maximum atomic E-state index is 12.2. The van der Waals surface area contributed by atoms with Gasteiger partial charge in [0, 0.05) is 32.4 Å². The van der Waals surface area contributed by atoms with Crippen molar-refractivity contribution in [1.29, 1.82) is 5.26 Å². The zero-order valence-electron chi connectivity index (χ0n) is 13.2. The molecule has 1 aromatic rings. The second-order valence-electron chi connectivity index (χ2n) is 5.12. The highest BCUT2D eigenvalue weighted by molar-refractivity contribution is 6.07. The van der Waals surface area contributed by atoms with E-state index in [1.807, 2.05) is 6.07 Å². The fourth-order valence-electron chi connectivity index (χ4n) is 2.25. The van der Waals surface area contributed by atoms with Crippen molar-refractivity contribution >= 4 is 17.7 Å². The summed E-state index contributed by atoms with van der Waals surface area (Å²) in [5.74, 6) is -0.677. The molecule has 2 rings (SSSR count). The predicted octanol–water partition coefficient (Wildman–Crippen LogP) is 1.12. The van der Waals surface area contributed by atoms with Crippen LogP contribution in [0.15, 0.2) is 36.0 Å². The van der Waals surface area contributed by atoms with Gasteiger partial charge in [-0.15, -0.1) is 0 Å². The number of rotatable bonds is 3. The molecule has 0 unspecified atom stereocenters. The van der Waals surface area contributed by atoms with E-state index in [0.29, 0.717) is 26.2 Å². The van der Waals surface area contributed by atoms with Gasteiger partial charge in [-0.3, -0.25) is 4.79 Å². The summed E-state index contributed by atoms with van der Waals surface area (Å²) in [5, 5.41) is 21.4. The summed E-state index contributed by atoms with van der Waals surface area (Å²) in [6, 6.07) is 8.13. The number of anilines is 1. The van der Waals surface area contributed by atoms with Crippen molar-refractivity contribution in [3.05, 3.63) is 36.0 Å². The highest BCUT2D eigenvalue weighted by atomic mass is 16.5. The summed E-state index contributed by atoms with van der Waals surface area (Å²) in [6.07, 6.45) is 1.07. The van der Waals surface area contributed by atoms with Crippen LogP contribution in [0.5, 0.6) is 5.75 Å². The molecule has 1 fully saturated rings. The lowest BCUT2D eigenvalue weighted by Gasteiger charge is -2.33. The standard InChI is InChI=1S/C16H18N4O4/c1-24-16(23)20-8-6-19(7-9-20)11-12(10-17)15(22)18-13-4-2-3-5-14(13)21/h2-5,11,21H,6-9H2,1H3,(H,18,22)/b12-11-. The number of phenols is 1. The fourth-order valence-corrected chi connectivity index (χ4v) is 2.25. The van der Waals surface area contributed by atoms with Gasteiger partial charge in [0.1, 0.15) is 17.4 Å². The van der Waals surface area contributed by atoms with E-state index in [1.165, 1.54) is 25.4 Å². The number of nitrogens with zero attached hydrogens (tertiary/aromatic N) is 3. The Kier molecular flexibility index (Phi) is 5.63. The van der Waals surface area contributed by atoms with Crippen molar-refractivity contribution in [2.75, 3.05) is 38.6 Å². The smallest absolute Gasteiger partial charge is 0.409 e. The van der Waals surface area contributed by atoms with Gasteiger partial charge < -0.3 is 25.0 Å². The molecule has 1 aliphatic rings. The molecule has 0 radical (unpaired) electrons. The Morgan fingerprint density at radius 1 is 1.29 bits per heavy atom. The summed E-state index contributed by atoms with van der Waals surface area (Å²) in [6.45, 7) is 1.88. The number of phenolic OH excluding ortho intramolecular Hbond substituents is 1. The summed E-state index contributed by atoms with van der Waals surface area (Å²) >= 11 is 0. The lowest BCUT2D eigenvalue weighted by Crippen LogP contribution is -2.47. The first-order valence-electron chi connectivity index (χ1n) is 7.33. The van der Waals surface area contributed by atoms with Gasteiger partial charge >= 0.3 is 6.09 Å². The zero-order valence-corrected chi connectivity index (χ0v) is 13.2. The third-order valence-corrected chi connectivity index (χ3v) is 3.58. The van der Waals surface area contributed by atoms with Gasteiger partial charge in [-0.05, 0) is 12.1 Å². The van der Waals surface area contributed by atoms with Crippen molar-refractivity contribution in [1.82, 2.24) is 9.80 Å². The van der Waals surface area contributed by atoms with Crippen LogP contribution in [0.3, 0.4) is 0 Å². The number of nitriles is 1. The van der Waals surface area contributed by atoms with Crippen molar-refractivity contribution < 1.29 is 19.4 Å². The molecule has 0 saturated carbocycles. The quantitative estimate of drug-likeness (QED) is 0.489. The molecule has 0 spiro atoms. The lowest BCUT2D eigenvalue weighted by molar-refractivity contribution is -0.112. The number of carbonyl (C=O) groups excluding carboxylic acids is 2. The van der Waals surface area contributed by atoms with Crippen LogP contribution in [-0.4, -0.2) is 60.2 Å². The number of carbonyl (C=O) groups is 2. The largest absolute Gasteiger partial charge is 0.506 e. The van der Waals surface area contributed by atoms with Crippen molar-refractivity contribution in [3.8, 4) is 11.8 Å². The molecule has 1 saturated heterocycles. The van der Waals surface area contributed by atoms with Crippen LogP contribution >= 0.6 is 0 Å². The first-order chi connectivity index (χ1) is 11.5. The molecule has 0 bridgehead atoms. The number of para-hydroxylation sites is 2. The number of methoxy groups -OCH3 is 1. The van der Waals surface area contributed by atoms with E-state index >= 15 is 0 Å². The molecule has 24 heavy (non-hydrogen) atoms. The fraction of sp³-hybridized carbons (Fsp3) is 0.312. The second-order valence-corrected chi connectivity index (χ2v) is 5.12. The highest BCUT2D eigenvalue weighted by Crippen LogP contribution is 2.22. The topological polar surface area (TPSA) is 106 Å². The van der Waals surface area contributed by atoms with Crippen LogP contribution in [0.4, 0.5) is 10.5 Å². The van der Waals surface area contributed by atoms with Gasteiger partial charge in [-0.1, -0.05) is 12.1 Å². The Balaban J connectivity index is 2.00. The monoisotopic (exact) mass is 330 g/mol. The van der Waals surface area contributed by atoms with Gasteiger partial charge in [0.05, 0.1) is 12.8 Å². The number of amides is 2. The molecular formula is C16H18N4O4. The van der Waals surface area contributed by atoms with E-state index in [0.717, 1.165) is 0 Å². The second kappa shape index (κ2) is 7.87. The average Bonchev–Trinajstić information content (AvgIpc) is 2.61. The minimum atomic E-state index is -0.602. The van der Waals surface area contributed by atoms with Crippen LogP contribution in [0.25, 0.3) is 0 Å². The van der Waals surface area contributed by atoms with Gasteiger partial charge in [0.25, 0.3) is 5.91 Å². The Hall–Kier alpha value is -3.21. The Morgan fingerprint density at radius 3 is 2.54 bits per heavy atom. The first kappa shape index (κ1) is 17.1. The number of hydrogen-bond donors (Lipinski definition) is 2. The van der Waals surface area contributed by atoms with Crippen molar-refractivity contribution in [3.63, 3.8) is 0 Å². The van der Waals surface area contributed by atoms with E-state index in [1.54, 1.807) is 21.9 Å². The van der Waals surface area contributed by atoms with E-state index in [2.05, 4.69) is 10.1 Å². The highest BCUT2D eigenvalue weighted by Gasteiger charge is 2.21. The maximum Gasteiger partial charge on any atom is 0.409 e. The predicted molar refractivity (Wildman–Crippen MR) is 86.0 cm³/mol. The number of benzene rings is 1. The molecule has 1 aromatic carbocycles. The summed E-state index contributed by atoms with van der Waals surface area (Å²) in [5.41, 5.74) is 0.156. The Labute approximate surface area is 139 Å². The summed E-state index contributed by atoms with van der Waals surface area (Å²) in [7, 11) is 1.33. The lowest BCUT2D eigenvalue weighted by atomic mass is 10.2. The minimum absolute atomic E-state index is 0.0742. The molecule has 1 aliphatic heterocycles. The zero-order chi connectivity index (χ0) is 17.5. The van der Waals surface area contributed by atoms with Gasteiger partial charge in [-0.2, -0.15) is 5.26 Å². The van der Waals surface area contributed by atoms with Crippen LogP contribution < -0.4 is 5.32 Å². The molecule has 0 aliphatic carbocycles. The minimum Gasteiger partial charge on any atom is -0.506 e. The number of hydrogen-bond acceptors (Lipinski definition) is 6. The van der Waals surface area contributed by atoms with Crippen LogP contribution in [-0.2, 0) is 9.53 Å². The Bertz CT molecular complexity index is 688. The molecule has 8 heteroatoms. The van der Waals surface area contributed by atoms with Crippen LogP contribution in [0.2, 0.25) is 0 Å².